The second kappa shape index (κ2) is 6.16. The van der Waals surface area contributed by atoms with E-state index in [9.17, 15) is 4.39 Å². The van der Waals surface area contributed by atoms with Gasteiger partial charge < -0.3 is 5.32 Å². The minimum absolute atomic E-state index is 0.268. The molecule has 0 fully saturated rings. The summed E-state index contributed by atoms with van der Waals surface area (Å²) in [6.45, 7) is 2.85. The first-order valence-electron chi connectivity index (χ1n) is 5.91. The van der Waals surface area contributed by atoms with Crippen LogP contribution in [0.15, 0.2) is 37.1 Å². The summed E-state index contributed by atoms with van der Waals surface area (Å²) in [5, 5.41) is 3.28. The van der Waals surface area contributed by atoms with E-state index in [0.29, 0.717) is 5.56 Å². The Morgan fingerprint density at radius 3 is 2.78 bits per heavy atom. The summed E-state index contributed by atoms with van der Waals surface area (Å²) in [6, 6.07) is 3.19. The molecule has 2 aromatic rings. The number of aromatic nitrogens is 3. The molecule has 0 saturated heterocycles. The van der Waals surface area contributed by atoms with Crippen molar-refractivity contribution in [3.8, 4) is 0 Å². The van der Waals surface area contributed by atoms with Crippen LogP contribution in [0.1, 0.15) is 30.6 Å². The van der Waals surface area contributed by atoms with E-state index in [1.807, 2.05) is 0 Å². The SMILES string of the molecule is CCCNC(c1ccncn1)c1ccncc1F. The molecular weight excluding hydrogens is 231 g/mol. The normalized spacial score (nSPS) is 12.3. The van der Waals surface area contributed by atoms with Gasteiger partial charge in [0.1, 0.15) is 12.1 Å². The number of nitrogens with one attached hydrogen (secondary N) is 1. The van der Waals surface area contributed by atoms with Crippen LogP contribution in [-0.4, -0.2) is 21.5 Å². The fourth-order valence-electron chi connectivity index (χ4n) is 1.75. The number of hydrogen-bond donors (Lipinski definition) is 1. The van der Waals surface area contributed by atoms with Gasteiger partial charge in [-0.2, -0.15) is 0 Å². The minimum atomic E-state index is -0.329. The maximum Gasteiger partial charge on any atom is 0.146 e. The lowest BCUT2D eigenvalue weighted by molar-refractivity contribution is 0.535. The minimum Gasteiger partial charge on any atom is -0.305 e. The predicted octanol–water partition coefficient (Wildman–Crippen LogP) is 2.10. The second-order valence-electron chi connectivity index (χ2n) is 3.92. The Bertz CT molecular complexity index is 489. The highest BCUT2D eigenvalue weighted by molar-refractivity contribution is 5.26. The molecule has 0 bridgehead atoms. The van der Waals surface area contributed by atoms with E-state index in [1.54, 1.807) is 24.5 Å². The highest BCUT2D eigenvalue weighted by atomic mass is 19.1. The van der Waals surface area contributed by atoms with E-state index in [1.165, 1.54) is 12.5 Å². The third kappa shape index (κ3) is 2.87. The highest BCUT2D eigenvalue weighted by Crippen LogP contribution is 2.21. The van der Waals surface area contributed by atoms with Crippen LogP contribution in [0.3, 0.4) is 0 Å². The molecule has 0 aliphatic heterocycles. The molecule has 5 heteroatoms. The molecule has 4 nitrogen and oxygen atoms in total. The maximum atomic E-state index is 13.8. The van der Waals surface area contributed by atoms with Gasteiger partial charge in [0.15, 0.2) is 0 Å². The van der Waals surface area contributed by atoms with Crippen molar-refractivity contribution in [2.45, 2.75) is 19.4 Å². The summed E-state index contributed by atoms with van der Waals surface area (Å²) in [4.78, 5) is 11.8. The summed E-state index contributed by atoms with van der Waals surface area (Å²) in [7, 11) is 0. The maximum absolute atomic E-state index is 13.8. The van der Waals surface area contributed by atoms with Gasteiger partial charge in [0, 0.05) is 18.0 Å². The standard InChI is InChI=1S/C13H15FN4/c1-2-5-17-13(12-4-7-16-9-18-12)10-3-6-15-8-11(10)14/h3-4,6-9,13,17H,2,5H2,1H3. The zero-order valence-electron chi connectivity index (χ0n) is 10.2. The number of nitrogens with zero attached hydrogens (tertiary/aromatic N) is 3. The monoisotopic (exact) mass is 246 g/mol. The van der Waals surface area contributed by atoms with Crippen LogP contribution < -0.4 is 5.32 Å². The van der Waals surface area contributed by atoms with Crippen LogP contribution in [0.25, 0.3) is 0 Å². The lowest BCUT2D eigenvalue weighted by Crippen LogP contribution is -2.25. The fourth-order valence-corrected chi connectivity index (χ4v) is 1.75. The van der Waals surface area contributed by atoms with Crippen molar-refractivity contribution in [3.63, 3.8) is 0 Å². The van der Waals surface area contributed by atoms with Gasteiger partial charge in [-0.1, -0.05) is 6.92 Å². The summed E-state index contributed by atoms with van der Waals surface area (Å²) in [5.74, 6) is -0.329. The van der Waals surface area contributed by atoms with Crippen molar-refractivity contribution in [2.75, 3.05) is 6.54 Å². The molecule has 0 aromatic carbocycles. The zero-order chi connectivity index (χ0) is 12.8. The molecule has 0 radical (unpaired) electrons. The molecule has 0 amide bonds. The van der Waals surface area contributed by atoms with Crippen molar-refractivity contribution in [2.24, 2.45) is 0 Å². The molecule has 2 heterocycles. The predicted molar refractivity (Wildman–Crippen MR) is 66.4 cm³/mol. The van der Waals surface area contributed by atoms with Gasteiger partial charge in [-0.25, -0.2) is 14.4 Å². The number of hydrogen-bond acceptors (Lipinski definition) is 4. The fraction of sp³-hybridized carbons (Fsp3) is 0.308. The van der Waals surface area contributed by atoms with Crippen molar-refractivity contribution in [3.05, 3.63) is 54.1 Å². The molecule has 18 heavy (non-hydrogen) atoms. The summed E-state index contributed by atoms with van der Waals surface area (Å²) < 4.78 is 13.8. The Labute approximate surface area is 105 Å². The lowest BCUT2D eigenvalue weighted by atomic mass is 10.0. The quantitative estimate of drug-likeness (QED) is 0.877. The van der Waals surface area contributed by atoms with E-state index < -0.39 is 0 Å². The molecule has 94 valence electrons. The van der Waals surface area contributed by atoms with Gasteiger partial charge in [-0.15, -0.1) is 0 Å². The van der Waals surface area contributed by atoms with Gasteiger partial charge in [0.2, 0.25) is 0 Å². The van der Waals surface area contributed by atoms with Gasteiger partial charge in [-0.3, -0.25) is 4.98 Å². The molecule has 2 aromatic heterocycles. The number of halogens is 1. The number of rotatable bonds is 5. The Kier molecular flexibility index (Phi) is 4.30. The summed E-state index contributed by atoms with van der Waals surface area (Å²) >= 11 is 0. The smallest absolute Gasteiger partial charge is 0.146 e. The highest BCUT2D eigenvalue weighted by Gasteiger charge is 2.18. The average Bonchev–Trinajstić information content (AvgIpc) is 2.42. The third-order valence-corrected chi connectivity index (χ3v) is 2.61. The molecule has 1 unspecified atom stereocenters. The van der Waals surface area contributed by atoms with Crippen molar-refractivity contribution in [1.29, 1.82) is 0 Å². The van der Waals surface area contributed by atoms with Crippen LogP contribution in [0.5, 0.6) is 0 Å². The molecule has 0 saturated carbocycles. The van der Waals surface area contributed by atoms with Crippen molar-refractivity contribution < 1.29 is 4.39 Å². The van der Waals surface area contributed by atoms with Crippen LogP contribution in [0.4, 0.5) is 4.39 Å². The molecule has 1 N–H and O–H groups in total. The summed E-state index contributed by atoms with van der Waals surface area (Å²) in [6.07, 6.45) is 6.89. The Hall–Kier alpha value is -1.88. The van der Waals surface area contributed by atoms with E-state index in [-0.39, 0.29) is 11.9 Å². The first-order chi connectivity index (χ1) is 8.83. The van der Waals surface area contributed by atoms with Crippen molar-refractivity contribution >= 4 is 0 Å². The molecule has 0 spiro atoms. The van der Waals surface area contributed by atoms with Gasteiger partial charge in [-0.05, 0) is 25.1 Å². The van der Waals surface area contributed by atoms with Crippen LogP contribution in [0.2, 0.25) is 0 Å². The van der Waals surface area contributed by atoms with E-state index in [2.05, 4.69) is 27.2 Å². The second-order valence-corrected chi connectivity index (χ2v) is 3.92. The van der Waals surface area contributed by atoms with Gasteiger partial charge in [0.25, 0.3) is 0 Å². The Morgan fingerprint density at radius 1 is 1.28 bits per heavy atom. The summed E-state index contributed by atoms with van der Waals surface area (Å²) in [5.41, 5.74) is 1.31. The topological polar surface area (TPSA) is 50.7 Å². The van der Waals surface area contributed by atoms with E-state index in [0.717, 1.165) is 18.7 Å². The molecule has 2 rings (SSSR count). The molecule has 1 atom stereocenters. The van der Waals surface area contributed by atoms with E-state index in [4.69, 9.17) is 0 Å². The van der Waals surface area contributed by atoms with Gasteiger partial charge in [0.05, 0.1) is 17.9 Å². The lowest BCUT2D eigenvalue weighted by Gasteiger charge is -2.18. The molecule has 0 aliphatic carbocycles. The van der Waals surface area contributed by atoms with Crippen LogP contribution in [0, 0.1) is 5.82 Å². The Balaban J connectivity index is 2.34. The van der Waals surface area contributed by atoms with Crippen LogP contribution >= 0.6 is 0 Å². The third-order valence-electron chi connectivity index (χ3n) is 2.61. The first-order valence-corrected chi connectivity index (χ1v) is 5.91. The largest absolute Gasteiger partial charge is 0.305 e. The average molecular weight is 246 g/mol. The van der Waals surface area contributed by atoms with Gasteiger partial charge >= 0.3 is 0 Å². The zero-order valence-corrected chi connectivity index (χ0v) is 10.2. The van der Waals surface area contributed by atoms with Crippen molar-refractivity contribution in [1.82, 2.24) is 20.3 Å². The first kappa shape index (κ1) is 12.6. The van der Waals surface area contributed by atoms with Crippen LogP contribution in [-0.2, 0) is 0 Å². The Morgan fingerprint density at radius 2 is 2.11 bits per heavy atom. The van der Waals surface area contributed by atoms with E-state index >= 15 is 0 Å². The molecular formula is C13H15FN4. The number of pyridine rings is 1. The molecule has 0 aliphatic rings.